The Bertz CT molecular complexity index is 532. The molecular weight excluding hydrogens is 390 g/mol. The highest BCUT2D eigenvalue weighted by Gasteiger charge is 2.28. The smallest absolute Gasteiger partial charge is 0.255 e. The summed E-state index contributed by atoms with van der Waals surface area (Å²) in [6.07, 6.45) is 4.19. The Balaban J connectivity index is 2.27. The number of nitrogens with two attached hydrogens (primary N) is 1. The van der Waals surface area contributed by atoms with Gasteiger partial charge in [0.1, 0.15) is 5.82 Å². The van der Waals surface area contributed by atoms with Gasteiger partial charge >= 0.3 is 0 Å². The second-order valence-corrected chi connectivity index (χ2v) is 6.65. The second-order valence-electron chi connectivity index (χ2n) is 4.96. The molecule has 2 N–H and O–H groups in total. The van der Waals surface area contributed by atoms with E-state index in [0.29, 0.717) is 14.1 Å². The fourth-order valence-electron chi connectivity index (χ4n) is 2.57. The first-order chi connectivity index (χ1) is 9.49. The molecule has 1 saturated carbocycles. The molecule has 1 aromatic rings. The van der Waals surface area contributed by atoms with Gasteiger partial charge in [-0.05, 0) is 53.6 Å². The monoisotopic (exact) mass is 406 g/mol. The third kappa shape index (κ3) is 3.66. The van der Waals surface area contributed by atoms with E-state index in [4.69, 9.17) is 18.0 Å². The summed E-state index contributed by atoms with van der Waals surface area (Å²) in [4.78, 5) is 14.7. The summed E-state index contributed by atoms with van der Waals surface area (Å²) >= 11 is 6.93. The van der Waals surface area contributed by atoms with E-state index < -0.39 is 0 Å². The second kappa shape index (κ2) is 6.80. The highest BCUT2D eigenvalue weighted by atomic mass is 127. The Hall–Kier alpha value is -0.760. The van der Waals surface area contributed by atoms with Gasteiger partial charge in [0.25, 0.3) is 5.91 Å². The van der Waals surface area contributed by atoms with Gasteiger partial charge < -0.3 is 10.6 Å². The van der Waals surface area contributed by atoms with Crippen LogP contribution in [0.4, 0.5) is 4.39 Å². The van der Waals surface area contributed by atoms with Gasteiger partial charge in [-0.25, -0.2) is 4.39 Å². The Morgan fingerprint density at radius 2 is 2.10 bits per heavy atom. The minimum atomic E-state index is -0.340. The van der Waals surface area contributed by atoms with Gasteiger partial charge in [-0.1, -0.05) is 25.1 Å². The van der Waals surface area contributed by atoms with E-state index in [2.05, 4.69) is 0 Å². The predicted molar refractivity (Wildman–Crippen MR) is 89.2 cm³/mol. The van der Waals surface area contributed by atoms with Gasteiger partial charge in [-0.15, -0.1) is 0 Å². The average Bonchev–Trinajstić information content (AvgIpc) is 2.88. The first-order valence-corrected chi connectivity index (χ1v) is 8.02. The lowest BCUT2D eigenvalue weighted by molar-refractivity contribution is 0.0713. The summed E-state index contributed by atoms with van der Waals surface area (Å²) < 4.78 is 13.8. The molecule has 0 atom stereocenters. The molecule has 0 radical (unpaired) electrons. The molecule has 0 aromatic heterocycles. The van der Waals surface area contributed by atoms with Gasteiger partial charge in [0, 0.05) is 9.61 Å². The third-order valence-corrected chi connectivity index (χ3v) is 4.54. The predicted octanol–water partition coefficient (Wildman–Crippen LogP) is 3.10. The van der Waals surface area contributed by atoms with E-state index in [-0.39, 0.29) is 24.3 Å². The SMILES string of the molecule is NC(=S)CN(C(=O)c1ccc(F)cc1I)C1CCCC1. The lowest BCUT2D eigenvalue weighted by Gasteiger charge is -2.29. The van der Waals surface area contributed by atoms with Crippen LogP contribution in [0.3, 0.4) is 0 Å². The molecule has 6 heteroatoms. The van der Waals surface area contributed by atoms with Gasteiger partial charge in [-0.2, -0.15) is 0 Å². The maximum Gasteiger partial charge on any atom is 0.255 e. The Kier molecular flexibility index (Phi) is 5.31. The maximum atomic E-state index is 13.2. The number of hydrogen-bond acceptors (Lipinski definition) is 2. The van der Waals surface area contributed by atoms with Crippen molar-refractivity contribution in [2.75, 3.05) is 6.54 Å². The number of amides is 1. The van der Waals surface area contributed by atoms with E-state index >= 15 is 0 Å². The van der Waals surface area contributed by atoms with Crippen molar-refractivity contribution in [2.24, 2.45) is 5.73 Å². The molecule has 0 aliphatic heterocycles. The van der Waals surface area contributed by atoms with Crippen LogP contribution in [-0.4, -0.2) is 28.4 Å². The molecule has 0 saturated heterocycles. The standard InChI is InChI=1S/C14H16FIN2OS/c15-9-5-6-11(12(16)7-9)14(19)18(8-13(17)20)10-3-1-2-4-10/h5-7,10H,1-4,8H2,(H2,17,20). The topological polar surface area (TPSA) is 46.3 Å². The number of hydrogen-bond donors (Lipinski definition) is 1. The number of carbonyl (C=O) groups excluding carboxylic acids is 1. The van der Waals surface area contributed by atoms with E-state index in [1.807, 2.05) is 22.6 Å². The summed E-state index contributed by atoms with van der Waals surface area (Å²) in [5.74, 6) is -0.457. The minimum Gasteiger partial charge on any atom is -0.392 e. The molecule has 0 bridgehead atoms. The molecule has 1 aromatic carbocycles. The molecular formula is C14H16FIN2OS. The van der Waals surface area contributed by atoms with Gasteiger partial charge in [0.2, 0.25) is 0 Å². The van der Waals surface area contributed by atoms with Crippen LogP contribution >= 0.6 is 34.8 Å². The molecule has 0 spiro atoms. The van der Waals surface area contributed by atoms with E-state index in [1.165, 1.54) is 18.2 Å². The molecule has 1 fully saturated rings. The molecule has 0 heterocycles. The molecule has 3 nitrogen and oxygen atoms in total. The first kappa shape index (κ1) is 15.6. The van der Waals surface area contributed by atoms with Crippen LogP contribution in [0, 0.1) is 9.39 Å². The number of benzene rings is 1. The Morgan fingerprint density at radius 1 is 1.45 bits per heavy atom. The van der Waals surface area contributed by atoms with Crippen molar-refractivity contribution in [1.82, 2.24) is 4.90 Å². The fraction of sp³-hybridized carbons (Fsp3) is 0.429. The molecule has 1 amide bonds. The molecule has 0 unspecified atom stereocenters. The van der Waals surface area contributed by atoms with E-state index in [9.17, 15) is 9.18 Å². The number of carbonyl (C=O) groups is 1. The average molecular weight is 406 g/mol. The van der Waals surface area contributed by atoms with Crippen molar-refractivity contribution in [3.8, 4) is 0 Å². The van der Waals surface area contributed by atoms with Crippen LogP contribution in [0.25, 0.3) is 0 Å². The Labute approximate surface area is 136 Å². The maximum absolute atomic E-state index is 13.2. The first-order valence-electron chi connectivity index (χ1n) is 6.53. The van der Waals surface area contributed by atoms with Crippen molar-refractivity contribution in [1.29, 1.82) is 0 Å². The lowest BCUT2D eigenvalue weighted by atomic mass is 10.1. The summed E-state index contributed by atoms with van der Waals surface area (Å²) in [6, 6.07) is 4.38. The highest BCUT2D eigenvalue weighted by Crippen LogP contribution is 2.26. The lowest BCUT2D eigenvalue weighted by Crippen LogP contribution is -2.43. The van der Waals surface area contributed by atoms with Crippen molar-refractivity contribution in [2.45, 2.75) is 31.7 Å². The largest absolute Gasteiger partial charge is 0.392 e. The number of halogens is 2. The molecule has 1 aliphatic carbocycles. The van der Waals surface area contributed by atoms with Crippen molar-refractivity contribution >= 4 is 45.7 Å². The van der Waals surface area contributed by atoms with E-state index in [1.54, 1.807) is 4.90 Å². The Morgan fingerprint density at radius 3 is 2.65 bits per heavy atom. The van der Waals surface area contributed by atoms with Gasteiger partial charge in [0.15, 0.2) is 0 Å². The van der Waals surface area contributed by atoms with Crippen molar-refractivity contribution in [3.05, 3.63) is 33.1 Å². The van der Waals surface area contributed by atoms with Crippen molar-refractivity contribution in [3.63, 3.8) is 0 Å². The zero-order valence-electron chi connectivity index (χ0n) is 10.9. The summed E-state index contributed by atoms with van der Waals surface area (Å²) in [7, 11) is 0. The minimum absolute atomic E-state index is 0.117. The number of nitrogens with zero attached hydrogens (tertiary/aromatic N) is 1. The summed E-state index contributed by atoms with van der Waals surface area (Å²) in [5, 5.41) is 0. The molecule has 108 valence electrons. The number of rotatable bonds is 4. The summed E-state index contributed by atoms with van der Waals surface area (Å²) in [5.41, 5.74) is 6.12. The van der Waals surface area contributed by atoms with Gasteiger partial charge in [0.05, 0.1) is 17.1 Å². The van der Waals surface area contributed by atoms with Crippen LogP contribution in [0.5, 0.6) is 0 Å². The van der Waals surface area contributed by atoms with Crippen LogP contribution in [0.1, 0.15) is 36.0 Å². The fourth-order valence-corrected chi connectivity index (χ4v) is 3.42. The van der Waals surface area contributed by atoms with Crippen LogP contribution in [0.2, 0.25) is 0 Å². The van der Waals surface area contributed by atoms with Crippen molar-refractivity contribution < 1.29 is 9.18 Å². The van der Waals surface area contributed by atoms with Gasteiger partial charge in [-0.3, -0.25) is 4.79 Å². The summed E-state index contributed by atoms with van der Waals surface area (Å²) in [6.45, 7) is 0.284. The number of thiocarbonyl (C=S) groups is 1. The normalized spacial score (nSPS) is 15.3. The zero-order valence-corrected chi connectivity index (χ0v) is 13.9. The van der Waals surface area contributed by atoms with Crippen LogP contribution in [-0.2, 0) is 0 Å². The molecule has 1 aliphatic rings. The quantitative estimate of drug-likeness (QED) is 0.618. The highest BCUT2D eigenvalue weighted by molar-refractivity contribution is 14.1. The molecule has 20 heavy (non-hydrogen) atoms. The zero-order chi connectivity index (χ0) is 14.7. The van der Waals surface area contributed by atoms with E-state index in [0.717, 1.165) is 25.7 Å². The van der Waals surface area contributed by atoms with Crippen LogP contribution in [0.15, 0.2) is 18.2 Å². The third-order valence-electron chi connectivity index (χ3n) is 3.51. The molecule has 2 rings (SSSR count). The van der Waals surface area contributed by atoms with Crippen LogP contribution < -0.4 is 5.73 Å².